The zero-order valence-corrected chi connectivity index (χ0v) is 25.0. The lowest BCUT2D eigenvalue weighted by molar-refractivity contribution is 0.450. The van der Waals surface area contributed by atoms with E-state index in [9.17, 15) is 4.79 Å². The van der Waals surface area contributed by atoms with Gasteiger partial charge in [-0.1, -0.05) is 62.2 Å². The first-order chi connectivity index (χ1) is 24.5. The Labute approximate surface area is 282 Å². The molecule has 0 saturated heterocycles. The molecule has 5 N–H and O–H groups in total. The molecule has 2 aromatic carbocycles. The summed E-state index contributed by atoms with van der Waals surface area (Å²) in [5, 5.41) is 12.3. The Kier molecular flexibility index (Phi) is 6.03. The number of nitrogens with two attached hydrogens (primary N) is 2. The molecule has 0 aliphatic carbocycles. The molecule has 0 atom stereocenters. The van der Waals surface area contributed by atoms with E-state index in [0.717, 1.165) is 0 Å². The largest absolute Gasteiger partial charge is 0.435 e. The van der Waals surface area contributed by atoms with Crippen LogP contribution in [0.2, 0.25) is 15.2 Å². The van der Waals surface area contributed by atoms with Crippen molar-refractivity contribution in [1.82, 2.24) is 20.4 Å². The fourth-order valence-electron chi connectivity index (χ4n) is 2.73. The molecule has 212 valence electrons. The van der Waals surface area contributed by atoms with Crippen molar-refractivity contribution in [2.75, 3.05) is 11.5 Å². The van der Waals surface area contributed by atoms with Crippen LogP contribution in [-0.4, -0.2) is 20.4 Å². The Morgan fingerprint density at radius 1 is 0.850 bits per heavy atom. The molecule has 0 spiro atoms. The fraction of sp³-hybridized carbons (Fsp3) is 0.231. The minimum absolute atomic E-state index is 0.00387. The van der Waals surface area contributed by atoms with Crippen molar-refractivity contribution in [3.05, 3.63) is 82.0 Å². The van der Waals surface area contributed by atoms with Gasteiger partial charge in [-0.15, -0.1) is 15.3 Å². The van der Waals surface area contributed by atoms with Crippen LogP contribution < -0.4 is 26.5 Å². The first-order valence-corrected chi connectivity index (χ1v) is 13.1. The Balaban J connectivity index is 0.000000290. The maximum Gasteiger partial charge on any atom is 0.267 e. The Morgan fingerprint density at radius 3 is 1.88 bits per heavy atom. The smallest absolute Gasteiger partial charge is 0.267 e. The van der Waals surface area contributed by atoms with E-state index in [4.69, 9.17) is 74.9 Å². The van der Waals surface area contributed by atoms with Gasteiger partial charge in [-0.25, -0.2) is 5.10 Å². The molecular formula is C26H25Br2Cl3N6O3. The summed E-state index contributed by atoms with van der Waals surface area (Å²) in [6.07, 6.45) is 0. The molecule has 0 unspecified atom stereocenters. The van der Waals surface area contributed by atoms with Crippen molar-refractivity contribution in [3.63, 3.8) is 0 Å². The SMILES string of the molecule is [2H]c1c(Oc2c(Cl)cc(N)cc2Br)n[nH]c(=O)c1C(C([2H])([2H])[2H])C([2H])([2H])[2H].[2H]c1c(Oc2c(Cl)cc(N)cc2Br)nnc(Cl)c1C(C([2H])([2H])[2H])C([2H])([2H])[2H]. The zero-order chi connectivity index (χ0) is 41.5. The number of rotatable bonds is 6. The van der Waals surface area contributed by atoms with Crippen molar-refractivity contribution in [2.45, 2.75) is 39.2 Å². The molecule has 4 rings (SSSR count). The number of aromatic amines is 1. The summed E-state index contributed by atoms with van der Waals surface area (Å²) in [6.45, 7) is -12.1. The Bertz CT molecular complexity index is 2030. The number of nitrogens with zero attached hydrogens (tertiary/aromatic N) is 3. The van der Waals surface area contributed by atoms with E-state index in [1.807, 2.05) is 5.10 Å². The molecule has 0 amide bonds. The Morgan fingerprint density at radius 2 is 1.35 bits per heavy atom. The van der Waals surface area contributed by atoms with E-state index in [0.29, 0.717) is 20.3 Å². The van der Waals surface area contributed by atoms with Crippen LogP contribution in [-0.2, 0) is 0 Å². The summed E-state index contributed by atoms with van der Waals surface area (Å²) in [7, 11) is 0. The van der Waals surface area contributed by atoms with Gasteiger partial charge in [0, 0.05) is 45.5 Å². The second-order valence-corrected chi connectivity index (χ2v) is 10.3. The van der Waals surface area contributed by atoms with Crippen LogP contribution in [0.3, 0.4) is 0 Å². The molecule has 14 heteroatoms. The van der Waals surface area contributed by atoms with Crippen LogP contribution in [0.4, 0.5) is 11.4 Å². The average Bonchev–Trinajstić information content (AvgIpc) is 2.96. The minimum Gasteiger partial charge on any atom is -0.435 e. The van der Waals surface area contributed by atoms with E-state index < -0.39 is 84.9 Å². The van der Waals surface area contributed by atoms with E-state index in [1.54, 1.807) is 0 Å². The molecular weight excluding hydrogens is 710 g/mol. The lowest BCUT2D eigenvalue weighted by atomic mass is 10.1. The average molecular weight is 750 g/mol. The van der Waals surface area contributed by atoms with Crippen LogP contribution in [0.25, 0.3) is 0 Å². The van der Waals surface area contributed by atoms with Crippen molar-refractivity contribution >= 4 is 78.0 Å². The number of nitrogen functional groups attached to an aromatic ring is 2. The standard InChI is InChI=1S/C13H12BrCl2N3O.C13H13BrClN3O2/c1-6(2)8-5-11(18-19-13(8)16)20-12-9(14)3-7(17)4-10(12)15;1-6(2)8-5-11(17-18-13(8)19)20-12-9(14)3-7(16)4-10(12)15/h3-6H,17H2,1-2H3;3-6H,16H2,1-2H3,(H,18,19)/i2*1D3,2D3,5D. The van der Waals surface area contributed by atoms with Gasteiger partial charge in [0.15, 0.2) is 16.7 Å². The highest BCUT2D eigenvalue weighted by Gasteiger charge is 2.15. The van der Waals surface area contributed by atoms with Gasteiger partial charge in [0.1, 0.15) is 0 Å². The van der Waals surface area contributed by atoms with Gasteiger partial charge in [0.25, 0.3) is 5.56 Å². The molecule has 0 radical (unpaired) electrons. The lowest BCUT2D eigenvalue weighted by Gasteiger charge is -2.12. The van der Waals surface area contributed by atoms with Crippen LogP contribution in [0.5, 0.6) is 23.3 Å². The number of ether oxygens (including phenoxy) is 2. The van der Waals surface area contributed by atoms with E-state index in [1.165, 1.54) is 24.3 Å². The van der Waals surface area contributed by atoms with Crippen LogP contribution in [0.1, 0.15) is 69.6 Å². The first-order valence-electron chi connectivity index (χ1n) is 17.4. The zero-order valence-electron chi connectivity index (χ0n) is 33.6. The third-order valence-corrected chi connectivity index (χ3v) is 6.47. The van der Waals surface area contributed by atoms with Gasteiger partial charge in [0.05, 0.1) is 21.7 Å². The molecule has 2 heterocycles. The molecule has 2 aromatic heterocycles. The number of aromatic nitrogens is 4. The minimum atomic E-state index is -3.06. The maximum absolute atomic E-state index is 12.1. The van der Waals surface area contributed by atoms with Crippen molar-refractivity contribution in [3.8, 4) is 23.3 Å². The maximum atomic E-state index is 12.1. The molecule has 0 fully saturated rings. The number of halogens is 5. The Hall–Kier alpha value is -2.57. The molecule has 4 aromatic rings. The number of nitrogens with one attached hydrogen (secondary N) is 1. The third kappa shape index (κ3) is 8.23. The van der Waals surface area contributed by atoms with Gasteiger partial charge in [-0.2, -0.15) is 0 Å². The van der Waals surface area contributed by atoms with E-state index in [-0.39, 0.29) is 21.5 Å². The summed E-state index contributed by atoms with van der Waals surface area (Å²) in [6, 6.07) is 4.32. The number of anilines is 2. The second-order valence-electron chi connectivity index (χ2n) is 7.43. The highest BCUT2D eigenvalue weighted by Crippen LogP contribution is 2.39. The predicted molar refractivity (Wildman–Crippen MR) is 167 cm³/mol. The highest BCUT2D eigenvalue weighted by atomic mass is 79.9. The highest BCUT2D eigenvalue weighted by molar-refractivity contribution is 9.11. The van der Waals surface area contributed by atoms with Gasteiger partial charge in [-0.3, -0.25) is 4.79 Å². The van der Waals surface area contributed by atoms with Gasteiger partial charge >= 0.3 is 0 Å². The predicted octanol–water partition coefficient (Wildman–Crippen LogP) is 8.73. The van der Waals surface area contributed by atoms with Crippen molar-refractivity contribution in [1.29, 1.82) is 0 Å². The molecule has 9 nitrogen and oxygen atoms in total. The first kappa shape index (κ1) is 17.4. The number of H-pyrrole nitrogens is 1. The molecule has 40 heavy (non-hydrogen) atoms. The topological polar surface area (TPSA) is 142 Å². The third-order valence-electron chi connectivity index (χ3n) is 4.45. The van der Waals surface area contributed by atoms with Crippen LogP contribution >= 0.6 is 66.7 Å². The lowest BCUT2D eigenvalue weighted by Crippen LogP contribution is -2.15. The summed E-state index contributed by atoms with van der Waals surface area (Å²) in [5.74, 6) is -5.17. The van der Waals surface area contributed by atoms with Gasteiger partial charge in [0.2, 0.25) is 11.8 Å². The van der Waals surface area contributed by atoms with Gasteiger partial charge in [-0.05, 0) is 73.5 Å². The number of hydrogen-bond donors (Lipinski definition) is 3. The molecule has 0 saturated carbocycles. The van der Waals surface area contributed by atoms with Crippen molar-refractivity contribution in [2.24, 2.45) is 0 Å². The van der Waals surface area contributed by atoms with E-state index >= 15 is 0 Å². The molecule has 0 aliphatic heterocycles. The summed E-state index contributed by atoms with van der Waals surface area (Å²) < 4.78 is 118. The quantitative estimate of drug-likeness (QED) is 0.166. The molecule has 0 aliphatic rings. The summed E-state index contributed by atoms with van der Waals surface area (Å²) >= 11 is 24.4. The molecule has 0 bridgehead atoms. The van der Waals surface area contributed by atoms with Crippen LogP contribution in [0, 0.1) is 0 Å². The van der Waals surface area contributed by atoms with Crippen LogP contribution in [0.15, 0.2) is 50.1 Å². The number of hydrogen-bond acceptors (Lipinski definition) is 8. The monoisotopic (exact) mass is 746 g/mol. The summed E-state index contributed by atoms with van der Waals surface area (Å²) in [4.78, 5) is 12.1. The summed E-state index contributed by atoms with van der Waals surface area (Å²) in [5.41, 5.74) is 9.57. The number of benzene rings is 2. The van der Waals surface area contributed by atoms with E-state index in [2.05, 4.69) is 47.2 Å². The fourth-order valence-corrected chi connectivity index (χ4v) is 4.81. The second kappa shape index (κ2) is 13.9. The normalized spacial score (nSPS) is 17.3. The van der Waals surface area contributed by atoms with Gasteiger partial charge < -0.3 is 20.9 Å². The van der Waals surface area contributed by atoms with Crippen molar-refractivity contribution < 1.29 is 28.7 Å².